The third-order valence-corrected chi connectivity index (χ3v) is 4.00. The molecule has 0 saturated carbocycles. The van der Waals surface area contributed by atoms with Crippen LogP contribution in [0.25, 0.3) is 0 Å². The molecule has 6 nitrogen and oxygen atoms in total. The average Bonchev–Trinajstić information content (AvgIpc) is 2.63. The molecule has 0 aliphatic carbocycles. The van der Waals surface area contributed by atoms with Crippen molar-refractivity contribution < 1.29 is 19.4 Å². The maximum atomic E-state index is 12.4. The lowest BCUT2D eigenvalue weighted by Crippen LogP contribution is -2.41. The Morgan fingerprint density at radius 3 is 2.38 bits per heavy atom. The molecule has 1 aliphatic heterocycles. The second-order valence-corrected chi connectivity index (χ2v) is 5.66. The number of likely N-dealkylation sites (tertiary alicyclic amines) is 1. The van der Waals surface area contributed by atoms with E-state index in [0.29, 0.717) is 18.7 Å². The van der Waals surface area contributed by atoms with Crippen LogP contribution in [-0.2, 0) is 0 Å². The highest BCUT2D eigenvalue weighted by Gasteiger charge is 2.25. The van der Waals surface area contributed by atoms with Gasteiger partial charge in [-0.2, -0.15) is 0 Å². The minimum Gasteiger partial charge on any atom is -0.490 e. The highest BCUT2D eigenvalue weighted by molar-refractivity contribution is 5.95. The van der Waals surface area contributed by atoms with Crippen LogP contribution in [0.1, 0.15) is 33.7 Å². The Bertz CT molecular complexity index is 708. The minimum absolute atomic E-state index is 0.0680. The number of ether oxygens (including phenoxy) is 1. The van der Waals surface area contributed by atoms with Gasteiger partial charge in [0.2, 0.25) is 0 Å². The van der Waals surface area contributed by atoms with Crippen LogP contribution in [0.3, 0.4) is 0 Å². The first-order chi connectivity index (χ1) is 11.6. The van der Waals surface area contributed by atoms with Gasteiger partial charge in [-0.1, -0.05) is 18.2 Å². The van der Waals surface area contributed by atoms with E-state index in [4.69, 9.17) is 9.84 Å². The molecule has 6 heteroatoms. The third-order valence-electron chi connectivity index (χ3n) is 4.00. The number of aromatic nitrogens is 1. The molecule has 1 aromatic heterocycles. The van der Waals surface area contributed by atoms with Gasteiger partial charge in [0.25, 0.3) is 5.91 Å². The molecule has 2 aromatic rings. The molecule has 1 aliphatic rings. The van der Waals surface area contributed by atoms with E-state index in [1.807, 2.05) is 30.3 Å². The van der Waals surface area contributed by atoms with E-state index in [1.54, 1.807) is 4.90 Å². The quantitative estimate of drug-likeness (QED) is 0.933. The number of para-hydroxylation sites is 1. The topological polar surface area (TPSA) is 79.7 Å². The molecule has 0 unspecified atom stereocenters. The summed E-state index contributed by atoms with van der Waals surface area (Å²) in [5.41, 5.74) is 0.337. The zero-order valence-electron chi connectivity index (χ0n) is 13.1. The van der Waals surface area contributed by atoms with Crippen molar-refractivity contribution in [3.05, 3.63) is 59.9 Å². The fourth-order valence-corrected chi connectivity index (χ4v) is 2.70. The van der Waals surface area contributed by atoms with Crippen molar-refractivity contribution in [1.82, 2.24) is 9.88 Å². The molecule has 2 heterocycles. The second kappa shape index (κ2) is 7.12. The zero-order valence-corrected chi connectivity index (χ0v) is 13.1. The Morgan fingerprint density at radius 2 is 1.79 bits per heavy atom. The molecule has 0 spiro atoms. The number of rotatable bonds is 4. The minimum atomic E-state index is -1.10. The molecule has 124 valence electrons. The monoisotopic (exact) mass is 326 g/mol. The molecule has 1 N–H and O–H groups in total. The van der Waals surface area contributed by atoms with Crippen molar-refractivity contribution >= 4 is 11.9 Å². The molecule has 0 radical (unpaired) electrons. The van der Waals surface area contributed by atoms with Gasteiger partial charge in [0.15, 0.2) is 0 Å². The van der Waals surface area contributed by atoms with E-state index in [2.05, 4.69) is 4.98 Å². The predicted molar refractivity (Wildman–Crippen MR) is 87.2 cm³/mol. The van der Waals surface area contributed by atoms with Gasteiger partial charge in [-0.25, -0.2) is 9.78 Å². The van der Waals surface area contributed by atoms with Crippen LogP contribution in [0.2, 0.25) is 0 Å². The number of hydrogen-bond donors (Lipinski definition) is 1. The van der Waals surface area contributed by atoms with Gasteiger partial charge >= 0.3 is 5.97 Å². The van der Waals surface area contributed by atoms with Crippen LogP contribution >= 0.6 is 0 Å². The van der Waals surface area contributed by atoms with Crippen LogP contribution < -0.4 is 4.74 Å². The molecule has 0 atom stereocenters. The van der Waals surface area contributed by atoms with Gasteiger partial charge in [0, 0.05) is 32.1 Å². The highest BCUT2D eigenvalue weighted by Crippen LogP contribution is 2.19. The highest BCUT2D eigenvalue weighted by atomic mass is 16.5. The lowest BCUT2D eigenvalue weighted by Gasteiger charge is -2.32. The number of carbonyl (C=O) groups excluding carboxylic acids is 1. The first-order valence-corrected chi connectivity index (χ1v) is 7.84. The Labute approximate surface area is 139 Å². The number of carboxylic acid groups (broad SMARTS) is 1. The van der Waals surface area contributed by atoms with Crippen molar-refractivity contribution in [3.8, 4) is 5.75 Å². The Hall–Kier alpha value is -2.89. The number of nitrogens with zero attached hydrogens (tertiary/aromatic N) is 2. The summed E-state index contributed by atoms with van der Waals surface area (Å²) in [6, 6.07) is 12.5. The number of benzene rings is 1. The number of piperidine rings is 1. The molecule has 24 heavy (non-hydrogen) atoms. The van der Waals surface area contributed by atoms with Crippen LogP contribution in [0.15, 0.2) is 48.7 Å². The van der Waals surface area contributed by atoms with E-state index in [1.165, 1.54) is 18.3 Å². The molecular weight excluding hydrogens is 308 g/mol. The number of aromatic carboxylic acids is 1. The summed E-state index contributed by atoms with van der Waals surface area (Å²) in [7, 11) is 0. The average molecular weight is 326 g/mol. The van der Waals surface area contributed by atoms with Gasteiger partial charge < -0.3 is 14.7 Å². The van der Waals surface area contributed by atoms with Gasteiger partial charge in [0.05, 0.1) is 5.56 Å². The summed E-state index contributed by atoms with van der Waals surface area (Å²) in [6.07, 6.45) is 2.95. The third kappa shape index (κ3) is 3.71. The van der Waals surface area contributed by atoms with E-state index in [9.17, 15) is 9.59 Å². The van der Waals surface area contributed by atoms with Crippen molar-refractivity contribution in [2.45, 2.75) is 18.9 Å². The predicted octanol–water partition coefficient (Wildman–Crippen LogP) is 2.46. The lowest BCUT2D eigenvalue weighted by atomic mass is 10.1. The van der Waals surface area contributed by atoms with Crippen molar-refractivity contribution in [3.63, 3.8) is 0 Å². The van der Waals surface area contributed by atoms with E-state index in [0.717, 1.165) is 18.6 Å². The normalized spacial score (nSPS) is 15.1. The van der Waals surface area contributed by atoms with Gasteiger partial charge in [-0.3, -0.25) is 4.79 Å². The van der Waals surface area contributed by atoms with Gasteiger partial charge in [0.1, 0.15) is 17.5 Å². The van der Waals surface area contributed by atoms with Crippen molar-refractivity contribution in [2.75, 3.05) is 13.1 Å². The number of carboxylic acids is 1. The zero-order chi connectivity index (χ0) is 16.9. The maximum absolute atomic E-state index is 12.4. The largest absolute Gasteiger partial charge is 0.490 e. The van der Waals surface area contributed by atoms with Gasteiger partial charge in [-0.05, 0) is 24.3 Å². The fraction of sp³-hybridized carbons (Fsp3) is 0.278. The lowest BCUT2D eigenvalue weighted by molar-refractivity contribution is 0.0592. The summed E-state index contributed by atoms with van der Waals surface area (Å²) >= 11 is 0. The summed E-state index contributed by atoms with van der Waals surface area (Å²) in [4.78, 5) is 28.8. The fourth-order valence-electron chi connectivity index (χ4n) is 2.70. The first kappa shape index (κ1) is 16.0. The molecule has 1 saturated heterocycles. The Morgan fingerprint density at radius 1 is 1.08 bits per heavy atom. The molecule has 3 rings (SSSR count). The summed E-state index contributed by atoms with van der Waals surface area (Å²) in [6.45, 7) is 1.22. The molecule has 1 aromatic carbocycles. The number of carbonyl (C=O) groups is 2. The summed E-state index contributed by atoms with van der Waals surface area (Å²) in [5.74, 6) is -0.388. The molecule has 1 fully saturated rings. The number of pyridine rings is 1. The SMILES string of the molecule is O=C(O)c1ccc(C(=O)N2CCC(Oc3ccccc3)CC2)cn1. The van der Waals surface area contributed by atoms with Gasteiger partial charge in [-0.15, -0.1) is 0 Å². The van der Waals surface area contributed by atoms with Crippen LogP contribution in [0.4, 0.5) is 0 Å². The van der Waals surface area contributed by atoms with Crippen molar-refractivity contribution in [1.29, 1.82) is 0 Å². The maximum Gasteiger partial charge on any atom is 0.354 e. The van der Waals surface area contributed by atoms with E-state index < -0.39 is 5.97 Å². The standard InChI is InChI=1S/C18H18N2O4/c21-17(13-6-7-16(18(22)23)19-12-13)20-10-8-15(9-11-20)24-14-4-2-1-3-5-14/h1-7,12,15H,8-11H2,(H,22,23). The van der Waals surface area contributed by atoms with Crippen LogP contribution in [0, 0.1) is 0 Å². The first-order valence-electron chi connectivity index (χ1n) is 7.84. The number of amides is 1. The smallest absolute Gasteiger partial charge is 0.354 e. The molecular formula is C18H18N2O4. The van der Waals surface area contributed by atoms with Crippen LogP contribution in [-0.4, -0.2) is 46.1 Å². The summed E-state index contributed by atoms with van der Waals surface area (Å²) < 4.78 is 5.92. The Balaban J connectivity index is 1.56. The van der Waals surface area contributed by atoms with Crippen LogP contribution in [0.5, 0.6) is 5.75 Å². The number of hydrogen-bond acceptors (Lipinski definition) is 4. The summed E-state index contributed by atoms with van der Waals surface area (Å²) in [5, 5.41) is 8.84. The van der Waals surface area contributed by atoms with Crippen molar-refractivity contribution in [2.24, 2.45) is 0 Å². The van der Waals surface area contributed by atoms with E-state index >= 15 is 0 Å². The molecule has 0 bridgehead atoms. The second-order valence-electron chi connectivity index (χ2n) is 5.66. The van der Waals surface area contributed by atoms with E-state index in [-0.39, 0.29) is 17.7 Å². The molecule has 1 amide bonds. The Kier molecular flexibility index (Phi) is 4.74.